The molecule has 0 unspecified atom stereocenters. The fourth-order valence-electron chi connectivity index (χ4n) is 3.20. The van der Waals surface area contributed by atoms with E-state index < -0.39 is 0 Å². The minimum Gasteiger partial charge on any atom is -0.395 e. The van der Waals surface area contributed by atoms with Crippen LogP contribution in [0, 0.1) is 5.82 Å². The van der Waals surface area contributed by atoms with Crippen LogP contribution < -0.4 is 0 Å². The van der Waals surface area contributed by atoms with E-state index in [1.807, 2.05) is 0 Å². The molecule has 1 aromatic carbocycles. The van der Waals surface area contributed by atoms with Crippen molar-refractivity contribution in [1.82, 2.24) is 9.80 Å². The largest absolute Gasteiger partial charge is 0.395 e. The molecule has 0 bridgehead atoms. The summed E-state index contributed by atoms with van der Waals surface area (Å²) >= 11 is 0. The van der Waals surface area contributed by atoms with E-state index in [0.717, 1.165) is 19.4 Å². The summed E-state index contributed by atoms with van der Waals surface area (Å²) in [6.45, 7) is 1.44. The van der Waals surface area contributed by atoms with Gasteiger partial charge in [0.2, 0.25) is 5.91 Å². The summed E-state index contributed by atoms with van der Waals surface area (Å²) < 4.78 is 13.8. The van der Waals surface area contributed by atoms with Gasteiger partial charge in [-0.25, -0.2) is 4.39 Å². The third-order valence-corrected chi connectivity index (χ3v) is 4.65. The number of halogens is 1. The number of aliphatic hydroxyl groups excluding tert-OH is 1. The second-order valence-corrected chi connectivity index (χ2v) is 6.30. The average Bonchev–Trinajstić information content (AvgIpc) is 2.55. The van der Waals surface area contributed by atoms with Gasteiger partial charge in [-0.1, -0.05) is 24.6 Å². The molecule has 1 saturated heterocycles. The van der Waals surface area contributed by atoms with E-state index in [4.69, 9.17) is 0 Å². The summed E-state index contributed by atoms with van der Waals surface area (Å²) in [6.07, 6.45) is 4.86. The predicted octanol–water partition coefficient (Wildman–Crippen LogP) is 2.41. The lowest BCUT2D eigenvalue weighted by Crippen LogP contribution is -2.38. The standard InChI is InChI=1S/C18H27FN2O2/c1-20-11-5-4-7-16(20)9-10-18(23)21(12-13-22)14-15-6-2-3-8-17(15)19/h2-3,6,8,16,22H,4-5,7,9-14H2,1H3/t16-/m1/s1. The molecule has 0 aromatic heterocycles. The Bertz CT molecular complexity index is 510. The number of carbonyl (C=O) groups is 1. The summed E-state index contributed by atoms with van der Waals surface area (Å²) in [4.78, 5) is 16.4. The Labute approximate surface area is 137 Å². The quantitative estimate of drug-likeness (QED) is 0.838. The Kier molecular flexibility index (Phi) is 6.99. The van der Waals surface area contributed by atoms with Crippen LogP contribution >= 0.6 is 0 Å². The predicted molar refractivity (Wildman–Crippen MR) is 88.4 cm³/mol. The number of benzene rings is 1. The second kappa shape index (κ2) is 8.99. The SMILES string of the molecule is CN1CCCC[C@@H]1CCC(=O)N(CCO)Cc1ccccc1F. The molecular formula is C18H27FN2O2. The Morgan fingerprint density at radius 3 is 2.87 bits per heavy atom. The van der Waals surface area contributed by atoms with Crippen LogP contribution in [0.1, 0.15) is 37.7 Å². The topological polar surface area (TPSA) is 43.8 Å². The minimum absolute atomic E-state index is 0.0127. The van der Waals surface area contributed by atoms with Crippen molar-refractivity contribution in [3.05, 3.63) is 35.6 Å². The van der Waals surface area contributed by atoms with E-state index in [-0.39, 0.29) is 31.4 Å². The molecule has 23 heavy (non-hydrogen) atoms. The number of nitrogens with zero attached hydrogens (tertiary/aromatic N) is 2. The van der Waals surface area contributed by atoms with Crippen molar-refractivity contribution in [3.8, 4) is 0 Å². The van der Waals surface area contributed by atoms with Crippen LogP contribution in [0.2, 0.25) is 0 Å². The van der Waals surface area contributed by atoms with Crippen molar-refractivity contribution in [2.75, 3.05) is 26.7 Å². The minimum atomic E-state index is -0.310. The van der Waals surface area contributed by atoms with Crippen molar-refractivity contribution < 1.29 is 14.3 Å². The fraction of sp³-hybridized carbons (Fsp3) is 0.611. The van der Waals surface area contributed by atoms with Gasteiger partial charge in [-0.05, 0) is 38.9 Å². The Morgan fingerprint density at radius 1 is 1.39 bits per heavy atom. The maximum absolute atomic E-state index is 13.8. The van der Waals surface area contributed by atoms with Crippen molar-refractivity contribution in [2.45, 2.75) is 44.7 Å². The van der Waals surface area contributed by atoms with Crippen molar-refractivity contribution in [1.29, 1.82) is 0 Å². The molecule has 0 aliphatic carbocycles. The normalized spacial score (nSPS) is 18.8. The highest BCUT2D eigenvalue weighted by atomic mass is 19.1. The fourth-order valence-corrected chi connectivity index (χ4v) is 3.20. The highest BCUT2D eigenvalue weighted by molar-refractivity contribution is 5.76. The first-order valence-electron chi connectivity index (χ1n) is 8.44. The summed E-state index contributed by atoms with van der Waals surface area (Å²) in [5, 5.41) is 9.20. The molecule has 1 aromatic rings. The molecule has 1 fully saturated rings. The smallest absolute Gasteiger partial charge is 0.223 e. The molecule has 1 N–H and O–H groups in total. The van der Waals surface area contributed by atoms with Gasteiger partial charge in [-0.2, -0.15) is 0 Å². The monoisotopic (exact) mass is 322 g/mol. The summed E-state index contributed by atoms with van der Waals surface area (Å²) in [5.41, 5.74) is 0.490. The molecule has 2 rings (SSSR count). The van der Waals surface area contributed by atoms with E-state index in [1.54, 1.807) is 23.1 Å². The lowest BCUT2D eigenvalue weighted by atomic mass is 9.98. The zero-order valence-corrected chi connectivity index (χ0v) is 13.9. The third-order valence-electron chi connectivity index (χ3n) is 4.65. The lowest BCUT2D eigenvalue weighted by molar-refractivity contribution is -0.132. The molecule has 1 amide bonds. The maximum Gasteiger partial charge on any atom is 0.223 e. The second-order valence-electron chi connectivity index (χ2n) is 6.30. The first kappa shape index (κ1) is 17.9. The van der Waals surface area contributed by atoms with Crippen LogP contribution in [0.15, 0.2) is 24.3 Å². The molecule has 0 radical (unpaired) electrons. The zero-order valence-electron chi connectivity index (χ0n) is 13.9. The van der Waals surface area contributed by atoms with E-state index in [2.05, 4.69) is 11.9 Å². The molecule has 1 heterocycles. The summed E-state index contributed by atoms with van der Waals surface area (Å²) in [6, 6.07) is 6.93. The summed E-state index contributed by atoms with van der Waals surface area (Å²) in [5.74, 6) is -0.323. The van der Waals surface area contributed by atoms with E-state index in [1.165, 1.54) is 18.9 Å². The van der Waals surface area contributed by atoms with Crippen molar-refractivity contribution in [2.24, 2.45) is 0 Å². The van der Waals surface area contributed by atoms with Crippen LogP contribution in [0.4, 0.5) is 4.39 Å². The molecule has 1 atom stereocenters. The van der Waals surface area contributed by atoms with Gasteiger partial charge in [0.1, 0.15) is 5.82 Å². The number of carbonyl (C=O) groups excluding carboxylic acids is 1. The molecule has 1 aliphatic rings. The summed E-state index contributed by atoms with van der Waals surface area (Å²) in [7, 11) is 2.11. The van der Waals surface area contributed by atoms with Crippen molar-refractivity contribution in [3.63, 3.8) is 0 Å². The van der Waals surface area contributed by atoms with Crippen LogP contribution in [0.25, 0.3) is 0 Å². The highest BCUT2D eigenvalue weighted by Crippen LogP contribution is 2.20. The molecule has 0 saturated carbocycles. The first-order valence-corrected chi connectivity index (χ1v) is 8.44. The first-order chi connectivity index (χ1) is 11.1. The molecular weight excluding hydrogens is 295 g/mol. The molecule has 1 aliphatic heterocycles. The Morgan fingerprint density at radius 2 is 2.17 bits per heavy atom. The van der Waals surface area contributed by atoms with Gasteiger partial charge in [-0.3, -0.25) is 4.79 Å². The van der Waals surface area contributed by atoms with Gasteiger partial charge in [0, 0.05) is 31.1 Å². The number of likely N-dealkylation sites (tertiary alicyclic amines) is 1. The average molecular weight is 322 g/mol. The third kappa shape index (κ3) is 5.29. The van der Waals surface area contributed by atoms with Gasteiger partial charge in [-0.15, -0.1) is 0 Å². The Balaban J connectivity index is 1.91. The number of hydrogen-bond donors (Lipinski definition) is 1. The van der Waals surface area contributed by atoms with Crippen molar-refractivity contribution >= 4 is 5.91 Å². The Hall–Kier alpha value is -1.46. The van der Waals surface area contributed by atoms with E-state index >= 15 is 0 Å². The van der Waals surface area contributed by atoms with Gasteiger partial charge in [0.05, 0.1) is 6.61 Å². The highest BCUT2D eigenvalue weighted by Gasteiger charge is 2.21. The molecule has 5 heteroatoms. The maximum atomic E-state index is 13.8. The molecule has 4 nitrogen and oxygen atoms in total. The van der Waals surface area contributed by atoms with Gasteiger partial charge >= 0.3 is 0 Å². The number of amides is 1. The molecule has 128 valence electrons. The number of hydrogen-bond acceptors (Lipinski definition) is 3. The van der Waals surface area contributed by atoms with Crippen LogP contribution in [0.3, 0.4) is 0 Å². The lowest BCUT2D eigenvalue weighted by Gasteiger charge is -2.33. The molecule has 0 spiro atoms. The van der Waals surface area contributed by atoms with E-state index in [9.17, 15) is 14.3 Å². The van der Waals surface area contributed by atoms with Crippen LogP contribution in [-0.4, -0.2) is 53.6 Å². The number of piperidine rings is 1. The number of rotatable bonds is 7. The van der Waals surface area contributed by atoms with Gasteiger partial charge < -0.3 is 14.9 Å². The van der Waals surface area contributed by atoms with E-state index in [0.29, 0.717) is 18.0 Å². The number of aliphatic hydroxyl groups is 1. The van der Waals surface area contributed by atoms with Gasteiger partial charge in [0.25, 0.3) is 0 Å². The van der Waals surface area contributed by atoms with Gasteiger partial charge in [0.15, 0.2) is 0 Å². The zero-order chi connectivity index (χ0) is 16.7. The van der Waals surface area contributed by atoms with Crippen LogP contribution in [0.5, 0.6) is 0 Å². The van der Waals surface area contributed by atoms with Crippen LogP contribution in [-0.2, 0) is 11.3 Å².